The summed E-state index contributed by atoms with van der Waals surface area (Å²) in [5, 5.41) is 0. The molecular weight excluding hydrogens is 459 g/mol. The van der Waals surface area contributed by atoms with Crippen LogP contribution in [0.3, 0.4) is 0 Å². The summed E-state index contributed by atoms with van der Waals surface area (Å²) in [6, 6.07) is 14.0. The molecule has 0 saturated carbocycles. The molecule has 2 aromatic rings. The van der Waals surface area contributed by atoms with Crippen molar-refractivity contribution >= 4 is 61.9 Å². The van der Waals surface area contributed by atoms with Crippen LogP contribution in [0.1, 0.15) is 11.1 Å². The number of alkyl halides is 3. The lowest BCUT2D eigenvalue weighted by molar-refractivity contribution is -0.137. The summed E-state index contributed by atoms with van der Waals surface area (Å²) < 4.78 is 39.7. The number of hydrogen-bond acceptors (Lipinski definition) is 3. The summed E-state index contributed by atoms with van der Waals surface area (Å²) in [5.74, 6) is -0.456. The fraction of sp³-hybridized carbons (Fsp3) is 0.0526. The molecule has 1 aliphatic rings. The second-order valence-electron chi connectivity index (χ2n) is 5.51. The van der Waals surface area contributed by atoms with Gasteiger partial charge in [-0.3, -0.25) is 9.69 Å². The van der Waals surface area contributed by atoms with E-state index in [0.717, 1.165) is 34.4 Å². The maximum Gasteiger partial charge on any atom is 0.416 e. The lowest BCUT2D eigenvalue weighted by Gasteiger charge is -2.16. The first kappa shape index (κ1) is 19.9. The minimum atomic E-state index is -4.49. The predicted molar refractivity (Wildman–Crippen MR) is 111 cm³/mol. The fourth-order valence-electron chi connectivity index (χ4n) is 2.39. The molecule has 0 unspecified atom stereocenters. The van der Waals surface area contributed by atoms with Gasteiger partial charge in [-0.25, -0.2) is 0 Å². The van der Waals surface area contributed by atoms with Crippen molar-refractivity contribution in [2.24, 2.45) is 0 Å². The van der Waals surface area contributed by atoms with Gasteiger partial charge >= 0.3 is 6.18 Å². The molecule has 27 heavy (non-hydrogen) atoms. The van der Waals surface area contributed by atoms with E-state index in [1.165, 1.54) is 12.1 Å². The fourth-order valence-corrected chi connectivity index (χ4v) is 4.32. The van der Waals surface area contributed by atoms with Crippen molar-refractivity contribution in [1.29, 1.82) is 0 Å². The van der Waals surface area contributed by atoms with Crippen molar-refractivity contribution in [2.75, 3.05) is 4.90 Å². The van der Waals surface area contributed by atoms with Crippen LogP contribution in [0.25, 0.3) is 6.08 Å². The van der Waals surface area contributed by atoms with Crippen LogP contribution in [0.2, 0.25) is 0 Å². The van der Waals surface area contributed by atoms with Crippen molar-refractivity contribution in [3.05, 3.63) is 81.2 Å². The number of nitrogens with zero attached hydrogens (tertiary/aromatic N) is 1. The van der Waals surface area contributed by atoms with Crippen LogP contribution in [0.5, 0.6) is 0 Å². The summed E-state index contributed by atoms with van der Waals surface area (Å²) in [6.45, 7) is 0. The van der Waals surface area contributed by atoms with E-state index in [4.69, 9.17) is 12.2 Å². The Hall–Kier alpha value is -1.90. The van der Waals surface area contributed by atoms with Crippen molar-refractivity contribution in [3.8, 4) is 0 Å². The van der Waals surface area contributed by atoms with Gasteiger partial charge in [0, 0.05) is 4.48 Å². The van der Waals surface area contributed by atoms with Crippen LogP contribution in [0, 0.1) is 0 Å². The molecule has 0 aliphatic carbocycles. The highest BCUT2D eigenvalue weighted by atomic mass is 79.9. The summed E-state index contributed by atoms with van der Waals surface area (Å²) >= 11 is 9.65. The minimum absolute atomic E-state index is 0.0962. The maximum absolute atomic E-state index is 12.9. The number of carbonyl (C=O) groups excluding carboxylic acids is 1. The highest BCUT2D eigenvalue weighted by Gasteiger charge is 2.36. The lowest BCUT2D eigenvalue weighted by atomic mass is 10.2. The summed E-state index contributed by atoms with van der Waals surface area (Å²) in [6.07, 6.45) is -1.05. The van der Waals surface area contributed by atoms with Gasteiger partial charge in [0.15, 0.2) is 4.32 Å². The second kappa shape index (κ2) is 8.00. The van der Waals surface area contributed by atoms with Crippen LogP contribution >= 0.6 is 39.9 Å². The zero-order valence-corrected chi connectivity index (χ0v) is 16.8. The Bertz CT molecular complexity index is 955. The molecule has 1 saturated heterocycles. The number of amides is 1. The van der Waals surface area contributed by atoms with Gasteiger partial charge in [0.25, 0.3) is 5.91 Å². The van der Waals surface area contributed by atoms with Gasteiger partial charge in [-0.1, -0.05) is 76.3 Å². The molecule has 0 bridgehead atoms. The average molecular weight is 470 g/mol. The normalized spacial score (nSPS) is 17.1. The van der Waals surface area contributed by atoms with Crippen LogP contribution in [0.4, 0.5) is 18.9 Å². The van der Waals surface area contributed by atoms with Crippen LogP contribution < -0.4 is 4.90 Å². The van der Waals surface area contributed by atoms with Crippen molar-refractivity contribution in [1.82, 2.24) is 0 Å². The third kappa shape index (κ3) is 4.69. The van der Waals surface area contributed by atoms with Gasteiger partial charge in [-0.05, 0) is 35.9 Å². The van der Waals surface area contributed by atoms with Gasteiger partial charge in [-0.15, -0.1) is 0 Å². The third-order valence-corrected chi connectivity index (χ3v) is 5.36. The number of benzene rings is 2. The van der Waals surface area contributed by atoms with E-state index in [1.807, 2.05) is 36.4 Å². The summed E-state index contributed by atoms with van der Waals surface area (Å²) in [5.41, 5.74) is 0.205. The molecule has 0 spiro atoms. The SMILES string of the molecule is O=C1/C(=C\C(Br)=C\c2ccccc2)SC(=S)N1c1cccc(C(F)(F)F)c1. The van der Waals surface area contributed by atoms with Crippen LogP contribution in [0.15, 0.2) is 70.1 Å². The number of allylic oxidation sites excluding steroid dienone is 2. The van der Waals surface area contributed by atoms with Crippen LogP contribution in [-0.4, -0.2) is 10.2 Å². The molecule has 1 amide bonds. The minimum Gasteiger partial charge on any atom is -0.268 e. The second-order valence-corrected chi connectivity index (χ2v) is 8.10. The Morgan fingerprint density at radius 1 is 1.11 bits per heavy atom. The first-order chi connectivity index (χ1) is 12.8. The molecule has 2 aromatic carbocycles. The molecule has 0 aromatic heterocycles. The maximum atomic E-state index is 12.9. The van der Waals surface area contributed by atoms with E-state index in [9.17, 15) is 18.0 Å². The molecule has 0 atom stereocenters. The number of thiocarbonyl (C=S) groups is 1. The number of anilines is 1. The van der Waals surface area contributed by atoms with E-state index in [2.05, 4.69) is 15.9 Å². The molecule has 1 aliphatic heterocycles. The molecule has 2 nitrogen and oxygen atoms in total. The summed E-state index contributed by atoms with van der Waals surface area (Å²) in [4.78, 5) is 14.1. The molecule has 3 rings (SSSR count). The Labute approximate surface area is 171 Å². The van der Waals surface area contributed by atoms with E-state index >= 15 is 0 Å². The number of thioether (sulfide) groups is 1. The van der Waals surface area contributed by atoms with E-state index < -0.39 is 17.6 Å². The standard InChI is InChI=1S/C19H11BrF3NOS2/c20-14(9-12-5-2-1-3-6-12)11-16-17(25)24(18(26)27-16)15-8-4-7-13(10-15)19(21,22)23/h1-11H/b14-9-,16-11+. The number of hydrogen-bond donors (Lipinski definition) is 0. The molecule has 0 radical (unpaired) electrons. The Kier molecular flexibility index (Phi) is 5.88. The third-order valence-electron chi connectivity index (χ3n) is 3.60. The quantitative estimate of drug-likeness (QED) is 0.383. The van der Waals surface area contributed by atoms with E-state index in [-0.39, 0.29) is 10.0 Å². The zero-order chi connectivity index (χ0) is 19.6. The monoisotopic (exact) mass is 469 g/mol. The average Bonchev–Trinajstić information content (AvgIpc) is 2.88. The van der Waals surface area contributed by atoms with Gasteiger partial charge < -0.3 is 0 Å². The van der Waals surface area contributed by atoms with Gasteiger partial charge in [0.05, 0.1) is 16.2 Å². The van der Waals surface area contributed by atoms with Crippen molar-refractivity contribution in [2.45, 2.75) is 6.18 Å². The highest BCUT2D eigenvalue weighted by Crippen LogP contribution is 2.38. The molecule has 0 N–H and O–H groups in total. The smallest absolute Gasteiger partial charge is 0.268 e. The summed E-state index contributed by atoms with van der Waals surface area (Å²) in [7, 11) is 0. The van der Waals surface area contributed by atoms with E-state index in [0.29, 0.717) is 9.39 Å². The number of rotatable bonds is 3. The van der Waals surface area contributed by atoms with Crippen molar-refractivity contribution < 1.29 is 18.0 Å². The number of halogens is 4. The largest absolute Gasteiger partial charge is 0.416 e. The van der Waals surface area contributed by atoms with Gasteiger partial charge in [0.1, 0.15) is 0 Å². The zero-order valence-electron chi connectivity index (χ0n) is 13.5. The molecular formula is C19H11BrF3NOS2. The molecule has 138 valence electrons. The Balaban J connectivity index is 1.88. The van der Waals surface area contributed by atoms with E-state index in [1.54, 1.807) is 6.08 Å². The molecule has 8 heteroatoms. The molecule has 1 fully saturated rings. The number of carbonyl (C=O) groups is 1. The van der Waals surface area contributed by atoms with Gasteiger partial charge in [0.2, 0.25) is 0 Å². The van der Waals surface area contributed by atoms with Crippen LogP contribution in [-0.2, 0) is 11.0 Å². The Morgan fingerprint density at radius 3 is 2.48 bits per heavy atom. The van der Waals surface area contributed by atoms with Gasteiger partial charge in [-0.2, -0.15) is 13.2 Å². The lowest BCUT2D eigenvalue weighted by Crippen LogP contribution is -2.27. The molecule has 1 heterocycles. The van der Waals surface area contributed by atoms with Crippen molar-refractivity contribution in [3.63, 3.8) is 0 Å². The highest BCUT2D eigenvalue weighted by molar-refractivity contribution is 9.12. The first-order valence-electron chi connectivity index (χ1n) is 7.63. The predicted octanol–water partition coefficient (Wildman–Crippen LogP) is 6.39. The Morgan fingerprint density at radius 2 is 1.81 bits per heavy atom. The first-order valence-corrected chi connectivity index (χ1v) is 9.65. The topological polar surface area (TPSA) is 20.3 Å².